The molecule has 25 heavy (non-hydrogen) atoms. The Labute approximate surface area is 153 Å². The molecule has 3 rings (SSSR count). The molecular weight excluding hydrogens is 332 g/mol. The first-order valence-electron chi connectivity index (χ1n) is 8.26. The number of benzene rings is 2. The minimum absolute atomic E-state index is 0.159. The number of aromatic nitrogens is 2. The van der Waals surface area contributed by atoms with E-state index in [0.717, 1.165) is 22.1 Å². The molecule has 0 aliphatic rings. The predicted octanol–water partition coefficient (Wildman–Crippen LogP) is 5.22. The molecule has 0 saturated heterocycles. The van der Waals surface area contributed by atoms with Crippen molar-refractivity contribution in [3.8, 4) is 0 Å². The van der Waals surface area contributed by atoms with E-state index in [4.69, 9.17) is 11.6 Å². The second-order valence-electron chi connectivity index (χ2n) is 5.94. The van der Waals surface area contributed by atoms with E-state index < -0.39 is 0 Å². The zero-order valence-electron chi connectivity index (χ0n) is 14.3. The first kappa shape index (κ1) is 17.2. The molecule has 1 atom stereocenters. The van der Waals surface area contributed by atoms with Gasteiger partial charge >= 0.3 is 0 Å². The summed E-state index contributed by atoms with van der Waals surface area (Å²) < 4.78 is 0. The van der Waals surface area contributed by atoms with Gasteiger partial charge in [-0.05, 0) is 31.0 Å². The summed E-state index contributed by atoms with van der Waals surface area (Å²) in [6.07, 6.45) is 0. The van der Waals surface area contributed by atoms with Gasteiger partial charge in [0, 0.05) is 29.4 Å². The number of rotatable bonds is 6. The highest BCUT2D eigenvalue weighted by Gasteiger charge is 2.08. The lowest BCUT2D eigenvalue weighted by molar-refractivity contribution is 0.869. The van der Waals surface area contributed by atoms with Crippen LogP contribution in [0.5, 0.6) is 0 Å². The smallest absolute Gasteiger partial charge is 0.225 e. The summed E-state index contributed by atoms with van der Waals surface area (Å²) in [5.74, 6) is 1.38. The van der Waals surface area contributed by atoms with Crippen molar-refractivity contribution >= 4 is 23.4 Å². The normalized spacial score (nSPS) is 11.8. The van der Waals surface area contributed by atoms with E-state index in [1.54, 1.807) is 0 Å². The third-order valence-corrected chi connectivity index (χ3v) is 4.28. The van der Waals surface area contributed by atoms with Gasteiger partial charge in [-0.15, -0.1) is 0 Å². The third-order valence-electron chi connectivity index (χ3n) is 3.91. The van der Waals surface area contributed by atoms with E-state index in [-0.39, 0.29) is 6.04 Å². The standard InChI is InChI=1S/C20H21ClN4/c1-14-12-19(24-15(2)16-8-4-3-5-9-16)25-20(23-14)22-13-17-10-6-7-11-18(17)21/h3-12,15H,13H2,1-2H3,(H2,22,23,24,25). The van der Waals surface area contributed by atoms with E-state index in [0.29, 0.717) is 12.5 Å². The highest BCUT2D eigenvalue weighted by Crippen LogP contribution is 2.20. The van der Waals surface area contributed by atoms with Gasteiger partial charge in [0.25, 0.3) is 0 Å². The van der Waals surface area contributed by atoms with E-state index >= 15 is 0 Å². The molecule has 4 nitrogen and oxygen atoms in total. The monoisotopic (exact) mass is 352 g/mol. The Morgan fingerprint density at radius 3 is 2.48 bits per heavy atom. The Hall–Kier alpha value is -2.59. The summed E-state index contributed by atoms with van der Waals surface area (Å²) in [4.78, 5) is 9.02. The van der Waals surface area contributed by atoms with Gasteiger partial charge in [0.1, 0.15) is 5.82 Å². The summed E-state index contributed by atoms with van der Waals surface area (Å²) in [5.41, 5.74) is 3.13. The lowest BCUT2D eigenvalue weighted by atomic mass is 10.1. The van der Waals surface area contributed by atoms with Crippen LogP contribution in [0.4, 0.5) is 11.8 Å². The van der Waals surface area contributed by atoms with E-state index in [9.17, 15) is 0 Å². The number of aryl methyl sites for hydroxylation is 1. The Morgan fingerprint density at radius 2 is 1.72 bits per heavy atom. The van der Waals surface area contributed by atoms with Crippen molar-refractivity contribution in [1.29, 1.82) is 0 Å². The molecule has 1 aromatic heterocycles. The highest BCUT2D eigenvalue weighted by molar-refractivity contribution is 6.31. The molecule has 0 aliphatic heterocycles. The van der Waals surface area contributed by atoms with Gasteiger partial charge in [0.05, 0.1) is 0 Å². The first-order chi connectivity index (χ1) is 12.1. The van der Waals surface area contributed by atoms with Crippen LogP contribution in [-0.2, 0) is 6.54 Å². The molecule has 0 radical (unpaired) electrons. The van der Waals surface area contributed by atoms with Gasteiger partial charge in [-0.3, -0.25) is 0 Å². The SMILES string of the molecule is Cc1cc(NC(C)c2ccccc2)nc(NCc2ccccc2Cl)n1. The maximum atomic E-state index is 6.20. The van der Waals surface area contributed by atoms with Crippen LogP contribution in [0.25, 0.3) is 0 Å². The summed E-state index contributed by atoms with van der Waals surface area (Å²) >= 11 is 6.20. The van der Waals surface area contributed by atoms with Gasteiger partial charge < -0.3 is 10.6 Å². The number of nitrogens with zero attached hydrogens (tertiary/aromatic N) is 2. The van der Waals surface area contributed by atoms with E-state index in [1.807, 2.05) is 55.5 Å². The van der Waals surface area contributed by atoms with Crippen molar-refractivity contribution in [1.82, 2.24) is 9.97 Å². The number of hydrogen-bond donors (Lipinski definition) is 2. The lowest BCUT2D eigenvalue weighted by Crippen LogP contribution is -2.11. The molecule has 0 aliphatic carbocycles. The van der Waals surface area contributed by atoms with Gasteiger partial charge in [0.2, 0.25) is 5.95 Å². The Bertz CT molecular complexity index is 836. The van der Waals surface area contributed by atoms with Crippen LogP contribution < -0.4 is 10.6 Å². The van der Waals surface area contributed by atoms with Gasteiger partial charge in [-0.1, -0.05) is 60.1 Å². The van der Waals surface area contributed by atoms with Crippen LogP contribution in [0.2, 0.25) is 5.02 Å². The molecule has 2 N–H and O–H groups in total. The Kier molecular flexibility index (Phi) is 5.51. The van der Waals surface area contributed by atoms with Crippen molar-refractivity contribution < 1.29 is 0 Å². The second-order valence-corrected chi connectivity index (χ2v) is 6.35. The van der Waals surface area contributed by atoms with Gasteiger partial charge in [0.15, 0.2) is 0 Å². The van der Waals surface area contributed by atoms with Crippen molar-refractivity contribution in [2.75, 3.05) is 10.6 Å². The average molecular weight is 353 g/mol. The average Bonchev–Trinajstić information content (AvgIpc) is 2.61. The fourth-order valence-electron chi connectivity index (χ4n) is 2.58. The molecule has 0 amide bonds. The van der Waals surface area contributed by atoms with Crippen LogP contribution in [-0.4, -0.2) is 9.97 Å². The predicted molar refractivity (Wildman–Crippen MR) is 104 cm³/mol. The molecule has 0 spiro atoms. The van der Waals surface area contributed by atoms with Crippen LogP contribution in [0.3, 0.4) is 0 Å². The van der Waals surface area contributed by atoms with Crippen LogP contribution in [0.15, 0.2) is 60.7 Å². The molecule has 1 heterocycles. The molecule has 1 unspecified atom stereocenters. The second kappa shape index (κ2) is 7.99. The van der Waals surface area contributed by atoms with Gasteiger partial charge in [-0.25, -0.2) is 4.98 Å². The molecule has 128 valence electrons. The molecule has 0 bridgehead atoms. The number of halogens is 1. The van der Waals surface area contributed by atoms with Crippen LogP contribution in [0.1, 0.15) is 29.8 Å². The molecular formula is C20H21ClN4. The molecule has 3 aromatic rings. The van der Waals surface area contributed by atoms with Crippen molar-refractivity contribution in [2.45, 2.75) is 26.4 Å². The molecule has 2 aromatic carbocycles. The quantitative estimate of drug-likeness (QED) is 0.638. The fraction of sp³-hybridized carbons (Fsp3) is 0.200. The third kappa shape index (κ3) is 4.70. The zero-order valence-corrected chi connectivity index (χ0v) is 15.1. The largest absolute Gasteiger partial charge is 0.363 e. The molecule has 0 fully saturated rings. The Morgan fingerprint density at radius 1 is 1.00 bits per heavy atom. The fourth-order valence-corrected chi connectivity index (χ4v) is 2.79. The first-order valence-corrected chi connectivity index (χ1v) is 8.64. The zero-order chi connectivity index (χ0) is 17.6. The van der Waals surface area contributed by atoms with Gasteiger partial charge in [-0.2, -0.15) is 4.98 Å². The van der Waals surface area contributed by atoms with E-state index in [1.165, 1.54) is 5.56 Å². The lowest BCUT2D eigenvalue weighted by Gasteiger charge is -2.16. The van der Waals surface area contributed by atoms with Crippen molar-refractivity contribution in [3.63, 3.8) is 0 Å². The van der Waals surface area contributed by atoms with Crippen molar-refractivity contribution in [2.24, 2.45) is 0 Å². The summed E-state index contributed by atoms with van der Waals surface area (Å²) in [6, 6.07) is 20.1. The summed E-state index contributed by atoms with van der Waals surface area (Å²) in [7, 11) is 0. The maximum absolute atomic E-state index is 6.20. The number of anilines is 2. The summed E-state index contributed by atoms with van der Waals surface area (Å²) in [6.45, 7) is 4.65. The number of hydrogen-bond acceptors (Lipinski definition) is 4. The molecule has 0 saturated carbocycles. The van der Waals surface area contributed by atoms with Crippen LogP contribution >= 0.6 is 11.6 Å². The highest BCUT2D eigenvalue weighted by atomic mass is 35.5. The number of nitrogens with one attached hydrogen (secondary N) is 2. The maximum Gasteiger partial charge on any atom is 0.225 e. The minimum atomic E-state index is 0.159. The topological polar surface area (TPSA) is 49.8 Å². The van der Waals surface area contributed by atoms with Crippen molar-refractivity contribution in [3.05, 3.63) is 82.5 Å². The van der Waals surface area contributed by atoms with Crippen LogP contribution in [0, 0.1) is 6.92 Å². The molecule has 5 heteroatoms. The minimum Gasteiger partial charge on any atom is -0.363 e. The summed E-state index contributed by atoms with van der Waals surface area (Å²) in [5, 5.41) is 7.42. The Balaban J connectivity index is 1.71. The van der Waals surface area contributed by atoms with E-state index in [2.05, 4.69) is 39.7 Å².